The van der Waals surface area contributed by atoms with Crippen LogP contribution in [0.3, 0.4) is 0 Å². The van der Waals surface area contributed by atoms with Gasteiger partial charge in [0.25, 0.3) is 0 Å². The van der Waals surface area contributed by atoms with Gasteiger partial charge in [-0.1, -0.05) is 6.42 Å². The Kier molecular flexibility index (Phi) is 5.64. The number of carbonyl (C=O) groups is 1. The molecular formula is C15H27NO3. The average Bonchev–Trinajstić information content (AvgIpc) is 2.47. The van der Waals surface area contributed by atoms with Crippen molar-refractivity contribution in [2.24, 2.45) is 0 Å². The van der Waals surface area contributed by atoms with Gasteiger partial charge in [-0.05, 0) is 52.0 Å². The SMILES string of the molecule is CCOC(=O)C1CCCCN1C1CCCC(OC)C1. The van der Waals surface area contributed by atoms with Crippen molar-refractivity contribution in [1.82, 2.24) is 4.90 Å². The summed E-state index contributed by atoms with van der Waals surface area (Å²) in [6.45, 7) is 3.39. The second kappa shape index (κ2) is 7.25. The van der Waals surface area contributed by atoms with Crippen molar-refractivity contribution < 1.29 is 14.3 Å². The molecule has 0 N–H and O–H groups in total. The molecule has 1 aliphatic carbocycles. The molecule has 0 amide bonds. The van der Waals surface area contributed by atoms with Crippen LogP contribution in [0, 0.1) is 0 Å². The van der Waals surface area contributed by atoms with Crippen molar-refractivity contribution in [3.63, 3.8) is 0 Å². The zero-order chi connectivity index (χ0) is 13.7. The van der Waals surface area contributed by atoms with E-state index in [1.165, 1.54) is 19.3 Å². The summed E-state index contributed by atoms with van der Waals surface area (Å²) in [6.07, 6.45) is 8.27. The summed E-state index contributed by atoms with van der Waals surface area (Å²) in [6, 6.07) is 0.475. The number of ether oxygens (including phenoxy) is 2. The minimum atomic E-state index is -0.0262. The first-order valence-corrected chi connectivity index (χ1v) is 7.71. The molecule has 0 aromatic rings. The lowest BCUT2D eigenvalue weighted by Gasteiger charge is -2.42. The minimum Gasteiger partial charge on any atom is -0.465 e. The monoisotopic (exact) mass is 269 g/mol. The molecule has 1 aliphatic heterocycles. The van der Waals surface area contributed by atoms with E-state index in [4.69, 9.17) is 9.47 Å². The van der Waals surface area contributed by atoms with Gasteiger partial charge < -0.3 is 9.47 Å². The van der Waals surface area contributed by atoms with E-state index >= 15 is 0 Å². The van der Waals surface area contributed by atoms with E-state index in [1.807, 2.05) is 6.92 Å². The molecule has 2 aliphatic rings. The number of carbonyl (C=O) groups excluding carboxylic acids is 1. The van der Waals surface area contributed by atoms with Crippen molar-refractivity contribution in [1.29, 1.82) is 0 Å². The molecule has 19 heavy (non-hydrogen) atoms. The molecule has 4 heteroatoms. The predicted molar refractivity (Wildman–Crippen MR) is 74.0 cm³/mol. The highest BCUT2D eigenvalue weighted by Crippen LogP contribution is 2.30. The highest BCUT2D eigenvalue weighted by molar-refractivity contribution is 5.75. The maximum atomic E-state index is 12.1. The van der Waals surface area contributed by atoms with Crippen LogP contribution in [0.5, 0.6) is 0 Å². The summed E-state index contributed by atoms with van der Waals surface area (Å²) in [5, 5.41) is 0. The summed E-state index contributed by atoms with van der Waals surface area (Å²) in [4.78, 5) is 14.5. The van der Waals surface area contributed by atoms with Crippen molar-refractivity contribution in [2.45, 2.75) is 70.1 Å². The van der Waals surface area contributed by atoms with Crippen LogP contribution < -0.4 is 0 Å². The minimum absolute atomic E-state index is 0.0192. The van der Waals surface area contributed by atoms with Gasteiger partial charge in [0, 0.05) is 13.2 Å². The van der Waals surface area contributed by atoms with Crippen LogP contribution in [-0.2, 0) is 14.3 Å². The van der Waals surface area contributed by atoms with Gasteiger partial charge in [-0.15, -0.1) is 0 Å². The lowest BCUT2D eigenvalue weighted by molar-refractivity contribution is -0.153. The number of methoxy groups -OCH3 is 1. The summed E-state index contributed by atoms with van der Waals surface area (Å²) in [5.41, 5.74) is 0. The molecule has 1 saturated carbocycles. The normalized spacial score (nSPS) is 33.1. The van der Waals surface area contributed by atoms with Crippen LogP contribution in [-0.4, -0.2) is 49.3 Å². The van der Waals surface area contributed by atoms with E-state index in [1.54, 1.807) is 7.11 Å². The molecule has 0 radical (unpaired) electrons. The molecule has 2 rings (SSSR count). The molecule has 0 spiro atoms. The Balaban J connectivity index is 2.00. The Labute approximate surface area is 116 Å². The predicted octanol–water partition coefficient (Wildman–Crippen LogP) is 2.36. The fraction of sp³-hybridized carbons (Fsp3) is 0.933. The number of rotatable bonds is 4. The quantitative estimate of drug-likeness (QED) is 0.734. The Bertz CT molecular complexity index is 295. The van der Waals surface area contributed by atoms with Gasteiger partial charge in [0.05, 0.1) is 12.7 Å². The largest absolute Gasteiger partial charge is 0.465 e. The molecule has 3 atom stereocenters. The van der Waals surface area contributed by atoms with E-state index in [0.717, 1.165) is 32.2 Å². The molecule has 0 aromatic heterocycles. The molecule has 110 valence electrons. The lowest BCUT2D eigenvalue weighted by atomic mass is 9.88. The number of piperidine rings is 1. The highest BCUT2D eigenvalue weighted by atomic mass is 16.5. The van der Waals surface area contributed by atoms with Gasteiger partial charge in [0.15, 0.2) is 0 Å². The Morgan fingerprint density at radius 1 is 1.21 bits per heavy atom. The van der Waals surface area contributed by atoms with Gasteiger partial charge in [-0.2, -0.15) is 0 Å². The average molecular weight is 269 g/mol. The Hall–Kier alpha value is -0.610. The van der Waals surface area contributed by atoms with Crippen molar-refractivity contribution in [2.75, 3.05) is 20.3 Å². The number of likely N-dealkylation sites (tertiary alicyclic amines) is 1. The van der Waals surface area contributed by atoms with Gasteiger partial charge in [0.2, 0.25) is 0 Å². The maximum Gasteiger partial charge on any atom is 0.323 e. The molecule has 4 nitrogen and oxygen atoms in total. The van der Waals surface area contributed by atoms with E-state index in [2.05, 4.69) is 4.90 Å². The van der Waals surface area contributed by atoms with Crippen LogP contribution in [0.15, 0.2) is 0 Å². The number of esters is 1. The summed E-state index contributed by atoms with van der Waals surface area (Å²) < 4.78 is 10.8. The maximum absolute atomic E-state index is 12.1. The van der Waals surface area contributed by atoms with Crippen LogP contribution in [0.2, 0.25) is 0 Å². The Morgan fingerprint density at radius 3 is 2.79 bits per heavy atom. The summed E-state index contributed by atoms with van der Waals surface area (Å²) in [7, 11) is 1.80. The van der Waals surface area contributed by atoms with Crippen molar-refractivity contribution in [3.05, 3.63) is 0 Å². The molecule has 0 aromatic carbocycles. The van der Waals surface area contributed by atoms with Crippen LogP contribution in [0.25, 0.3) is 0 Å². The molecule has 2 fully saturated rings. The van der Waals surface area contributed by atoms with Gasteiger partial charge in [0.1, 0.15) is 6.04 Å². The first kappa shape index (κ1) is 14.8. The number of hydrogen-bond donors (Lipinski definition) is 0. The highest BCUT2D eigenvalue weighted by Gasteiger charge is 2.36. The lowest BCUT2D eigenvalue weighted by Crippen LogP contribution is -2.52. The second-order valence-electron chi connectivity index (χ2n) is 5.68. The standard InChI is InChI=1S/C15H27NO3/c1-3-19-15(17)14-9-4-5-10-16(14)12-7-6-8-13(11-12)18-2/h12-14H,3-11H2,1-2H3. The molecule has 1 saturated heterocycles. The number of nitrogens with zero attached hydrogens (tertiary/aromatic N) is 1. The van der Waals surface area contributed by atoms with Crippen molar-refractivity contribution >= 4 is 5.97 Å². The molecule has 0 bridgehead atoms. The first-order valence-electron chi connectivity index (χ1n) is 7.71. The zero-order valence-electron chi connectivity index (χ0n) is 12.3. The fourth-order valence-electron chi connectivity index (χ4n) is 3.52. The van der Waals surface area contributed by atoms with E-state index in [-0.39, 0.29) is 12.0 Å². The number of hydrogen-bond acceptors (Lipinski definition) is 4. The fourth-order valence-corrected chi connectivity index (χ4v) is 3.52. The van der Waals surface area contributed by atoms with E-state index in [0.29, 0.717) is 18.8 Å². The summed E-state index contributed by atoms with van der Waals surface area (Å²) >= 11 is 0. The van der Waals surface area contributed by atoms with E-state index < -0.39 is 0 Å². The third kappa shape index (κ3) is 3.69. The Morgan fingerprint density at radius 2 is 2.05 bits per heavy atom. The summed E-state index contributed by atoms with van der Waals surface area (Å²) in [5.74, 6) is -0.0262. The topological polar surface area (TPSA) is 38.8 Å². The first-order chi connectivity index (χ1) is 9.26. The van der Waals surface area contributed by atoms with Crippen molar-refractivity contribution in [3.8, 4) is 0 Å². The zero-order valence-corrected chi connectivity index (χ0v) is 12.3. The molecule has 1 heterocycles. The van der Waals surface area contributed by atoms with Gasteiger partial charge in [-0.3, -0.25) is 9.69 Å². The van der Waals surface area contributed by atoms with Gasteiger partial charge in [-0.25, -0.2) is 0 Å². The van der Waals surface area contributed by atoms with Crippen LogP contribution in [0.1, 0.15) is 51.9 Å². The van der Waals surface area contributed by atoms with E-state index in [9.17, 15) is 4.79 Å². The van der Waals surface area contributed by atoms with Gasteiger partial charge >= 0.3 is 5.97 Å². The second-order valence-corrected chi connectivity index (χ2v) is 5.68. The smallest absolute Gasteiger partial charge is 0.323 e. The van der Waals surface area contributed by atoms with Crippen LogP contribution >= 0.6 is 0 Å². The third-order valence-corrected chi connectivity index (χ3v) is 4.50. The molecular weight excluding hydrogens is 242 g/mol. The van der Waals surface area contributed by atoms with Crippen LogP contribution in [0.4, 0.5) is 0 Å². The third-order valence-electron chi connectivity index (χ3n) is 4.50. The molecule has 3 unspecified atom stereocenters.